The van der Waals surface area contributed by atoms with Crippen LogP contribution in [0.5, 0.6) is 0 Å². The first-order valence-corrected chi connectivity index (χ1v) is 8.93. The van der Waals surface area contributed by atoms with Crippen molar-refractivity contribution < 1.29 is 18.0 Å². The molecule has 1 heterocycles. The average molecular weight is 362 g/mol. The van der Waals surface area contributed by atoms with Crippen molar-refractivity contribution in [1.29, 1.82) is 0 Å². The molecule has 0 spiro atoms. The maximum absolute atomic E-state index is 13.1. The molecule has 6 heteroatoms. The van der Waals surface area contributed by atoms with Crippen molar-refractivity contribution in [2.24, 2.45) is 0 Å². The van der Waals surface area contributed by atoms with Crippen LogP contribution in [-0.2, 0) is 12.0 Å². The van der Waals surface area contributed by atoms with Gasteiger partial charge in [-0.3, -0.25) is 9.48 Å². The largest absolute Gasteiger partial charge is 0.408 e. The van der Waals surface area contributed by atoms with Gasteiger partial charge in [-0.2, -0.15) is 18.3 Å². The van der Waals surface area contributed by atoms with Crippen LogP contribution in [0.25, 0.3) is 0 Å². The van der Waals surface area contributed by atoms with Gasteiger partial charge in [-0.15, -0.1) is 0 Å². The molecule has 0 aliphatic heterocycles. The summed E-state index contributed by atoms with van der Waals surface area (Å²) < 4.78 is 40.3. The van der Waals surface area contributed by atoms with Crippen molar-refractivity contribution in [3.8, 4) is 0 Å². The Morgan fingerprint density at radius 2 is 1.88 bits per heavy atom. The first-order valence-electron chi connectivity index (χ1n) is 8.93. The van der Waals surface area contributed by atoms with E-state index in [9.17, 15) is 18.0 Å². The van der Waals surface area contributed by atoms with Crippen LogP contribution in [0.4, 0.5) is 13.2 Å². The first kappa shape index (κ1) is 17.3. The Bertz CT molecular complexity index is 852. The molecule has 3 nitrogen and oxygen atoms in total. The van der Waals surface area contributed by atoms with Gasteiger partial charge in [-0.1, -0.05) is 44.2 Å². The highest BCUT2D eigenvalue weighted by atomic mass is 19.4. The van der Waals surface area contributed by atoms with Gasteiger partial charge >= 0.3 is 6.18 Å². The van der Waals surface area contributed by atoms with Crippen LogP contribution in [0.1, 0.15) is 72.3 Å². The third-order valence-electron chi connectivity index (χ3n) is 5.57. The van der Waals surface area contributed by atoms with Gasteiger partial charge in [0.2, 0.25) is 0 Å². The Kier molecular flexibility index (Phi) is 3.79. The zero-order chi connectivity index (χ0) is 18.7. The molecule has 2 unspecified atom stereocenters. The number of nitrogens with zero attached hydrogens (tertiary/aromatic N) is 2. The van der Waals surface area contributed by atoms with Crippen molar-refractivity contribution in [3.05, 3.63) is 52.8 Å². The number of ketones is 1. The van der Waals surface area contributed by atoms with Crippen LogP contribution in [0, 0.1) is 0 Å². The highest BCUT2D eigenvalue weighted by Crippen LogP contribution is 2.56. The molecule has 2 atom stereocenters. The summed E-state index contributed by atoms with van der Waals surface area (Å²) in [4.78, 5) is 12.6. The van der Waals surface area contributed by atoms with E-state index < -0.39 is 18.1 Å². The predicted molar refractivity (Wildman–Crippen MR) is 91.4 cm³/mol. The molecule has 0 radical (unpaired) electrons. The van der Waals surface area contributed by atoms with Crippen LogP contribution < -0.4 is 0 Å². The summed E-state index contributed by atoms with van der Waals surface area (Å²) in [5, 5.41) is 4.34. The van der Waals surface area contributed by atoms with E-state index in [1.54, 1.807) is 0 Å². The third-order valence-corrected chi connectivity index (χ3v) is 5.57. The van der Waals surface area contributed by atoms with E-state index in [0.29, 0.717) is 29.8 Å². The highest BCUT2D eigenvalue weighted by Gasteiger charge is 2.48. The van der Waals surface area contributed by atoms with Crippen LogP contribution in [0.2, 0.25) is 0 Å². The average Bonchev–Trinajstić information content (AvgIpc) is 3.26. The molecule has 2 aliphatic carbocycles. The topological polar surface area (TPSA) is 34.9 Å². The third kappa shape index (κ3) is 2.95. The van der Waals surface area contributed by atoms with Gasteiger partial charge in [0, 0.05) is 17.8 Å². The molecule has 1 saturated carbocycles. The second kappa shape index (κ2) is 5.69. The quantitative estimate of drug-likeness (QED) is 0.773. The van der Waals surface area contributed by atoms with E-state index in [0.717, 1.165) is 16.7 Å². The second-order valence-corrected chi connectivity index (χ2v) is 8.05. The van der Waals surface area contributed by atoms with E-state index >= 15 is 0 Å². The lowest BCUT2D eigenvalue weighted by atomic mass is 9.75. The van der Waals surface area contributed by atoms with Gasteiger partial charge in [0.05, 0.1) is 17.0 Å². The Labute approximate surface area is 150 Å². The fourth-order valence-corrected chi connectivity index (χ4v) is 4.22. The summed E-state index contributed by atoms with van der Waals surface area (Å²) in [6.45, 7) is 2.66. The molecule has 0 N–H and O–H groups in total. The number of aromatic nitrogens is 2. The fourth-order valence-electron chi connectivity index (χ4n) is 4.22. The molecular weight excluding hydrogens is 341 g/mol. The zero-order valence-electron chi connectivity index (χ0n) is 14.8. The SMILES string of the molecule is CC1(C)CCC(=O)c2c(C3CC3c3ccccc3)nn(CC(F)(F)F)c21. The van der Waals surface area contributed by atoms with Crippen molar-refractivity contribution >= 4 is 5.78 Å². The number of carbonyl (C=O) groups is 1. The molecule has 1 aromatic carbocycles. The normalized spacial score (nSPS) is 24.4. The van der Waals surface area contributed by atoms with Gasteiger partial charge < -0.3 is 0 Å². The van der Waals surface area contributed by atoms with Crippen LogP contribution in [-0.4, -0.2) is 21.7 Å². The lowest BCUT2D eigenvalue weighted by Crippen LogP contribution is -2.32. The van der Waals surface area contributed by atoms with Crippen LogP contribution >= 0.6 is 0 Å². The van der Waals surface area contributed by atoms with Crippen molar-refractivity contribution in [1.82, 2.24) is 9.78 Å². The Morgan fingerprint density at radius 3 is 2.54 bits per heavy atom. The first-order chi connectivity index (χ1) is 12.2. The Balaban J connectivity index is 1.78. The maximum Gasteiger partial charge on any atom is 0.408 e. The summed E-state index contributed by atoms with van der Waals surface area (Å²) in [7, 11) is 0. The number of rotatable bonds is 3. The number of fused-ring (bicyclic) bond motifs is 1. The number of halogens is 3. The van der Waals surface area contributed by atoms with E-state index in [2.05, 4.69) is 5.10 Å². The van der Waals surface area contributed by atoms with E-state index in [1.807, 2.05) is 44.2 Å². The minimum absolute atomic E-state index is 0.0264. The van der Waals surface area contributed by atoms with Gasteiger partial charge in [-0.25, -0.2) is 0 Å². The van der Waals surface area contributed by atoms with Gasteiger partial charge in [0.15, 0.2) is 5.78 Å². The second-order valence-electron chi connectivity index (χ2n) is 8.05. The lowest BCUT2D eigenvalue weighted by molar-refractivity contribution is -0.143. The smallest absolute Gasteiger partial charge is 0.294 e. The van der Waals surface area contributed by atoms with Crippen LogP contribution in [0.3, 0.4) is 0 Å². The molecule has 0 amide bonds. The van der Waals surface area contributed by atoms with E-state index in [-0.39, 0.29) is 17.6 Å². The summed E-state index contributed by atoms with van der Waals surface area (Å²) >= 11 is 0. The molecule has 26 heavy (non-hydrogen) atoms. The molecular formula is C20H21F3N2O. The van der Waals surface area contributed by atoms with E-state index in [1.165, 1.54) is 0 Å². The number of Topliss-reactive ketones (excluding diaryl/α,β-unsaturated/α-hetero) is 1. The molecule has 4 rings (SSSR count). The van der Waals surface area contributed by atoms with Crippen LogP contribution in [0.15, 0.2) is 30.3 Å². The highest BCUT2D eigenvalue weighted by molar-refractivity contribution is 6.00. The molecule has 138 valence electrons. The van der Waals surface area contributed by atoms with Crippen molar-refractivity contribution in [2.75, 3.05) is 0 Å². The van der Waals surface area contributed by atoms with Gasteiger partial charge in [-0.05, 0) is 24.3 Å². The summed E-state index contributed by atoms with van der Waals surface area (Å²) in [6.07, 6.45) is -2.62. The molecule has 1 aromatic heterocycles. The van der Waals surface area contributed by atoms with Crippen molar-refractivity contribution in [2.45, 2.75) is 63.1 Å². The maximum atomic E-state index is 13.1. The number of alkyl halides is 3. The van der Waals surface area contributed by atoms with Crippen molar-refractivity contribution in [3.63, 3.8) is 0 Å². The summed E-state index contributed by atoms with van der Waals surface area (Å²) in [5.41, 5.74) is 2.14. The van der Waals surface area contributed by atoms with Gasteiger partial charge in [0.25, 0.3) is 0 Å². The molecule has 0 bridgehead atoms. The minimum Gasteiger partial charge on any atom is -0.294 e. The number of hydrogen-bond donors (Lipinski definition) is 0. The summed E-state index contributed by atoms with van der Waals surface area (Å²) in [6, 6.07) is 9.89. The fraction of sp³-hybridized carbons (Fsp3) is 0.500. The standard InChI is InChI=1S/C20H21F3N2O/c1-19(2)9-8-15(26)16-17(24-25(18(16)19)11-20(21,22)23)14-10-13(14)12-6-4-3-5-7-12/h3-7,13-14H,8-11H2,1-2H3. The monoisotopic (exact) mass is 362 g/mol. The molecule has 1 fully saturated rings. The number of hydrogen-bond acceptors (Lipinski definition) is 2. The van der Waals surface area contributed by atoms with E-state index in [4.69, 9.17) is 0 Å². The Morgan fingerprint density at radius 1 is 1.19 bits per heavy atom. The molecule has 0 saturated heterocycles. The number of carbonyl (C=O) groups excluding carboxylic acids is 1. The minimum atomic E-state index is -4.37. The summed E-state index contributed by atoms with van der Waals surface area (Å²) in [5.74, 6) is 0.187. The zero-order valence-corrected chi connectivity index (χ0v) is 14.8. The molecule has 2 aromatic rings. The predicted octanol–water partition coefficient (Wildman–Crippen LogP) is 4.97. The molecule has 2 aliphatic rings. The van der Waals surface area contributed by atoms with Gasteiger partial charge in [0.1, 0.15) is 6.54 Å². The number of benzene rings is 1. The Hall–Kier alpha value is -2.11. The lowest BCUT2D eigenvalue weighted by Gasteiger charge is -2.30.